The van der Waals surface area contributed by atoms with Gasteiger partial charge < -0.3 is 125 Å². The summed E-state index contributed by atoms with van der Waals surface area (Å²) in [6.45, 7) is 2.81. The van der Waals surface area contributed by atoms with E-state index in [1.54, 1.807) is 16.4 Å². The van der Waals surface area contributed by atoms with Gasteiger partial charge in [0.25, 0.3) is 0 Å². The summed E-state index contributed by atoms with van der Waals surface area (Å²) in [4.78, 5) is 34.9. The zero-order valence-corrected chi connectivity index (χ0v) is 67.7. The Morgan fingerprint density at radius 3 is 0.833 bits per heavy atom. The van der Waals surface area contributed by atoms with Crippen LogP contribution in [0, 0.1) is 76.9 Å². The van der Waals surface area contributed by atoms with Crippen molar-refractivity contribution in [2.75, 3.05) is 97.4 Å². The van der Waals surface area contributed by atoms with Crippen LogP contribution >= 0.6 is 0 Å². The molecule has 6 aliphatic heterocycles. The molecule has 0 aromatic heterocycles. The van der Waals surface area contributed by atoms with Crippen LogP contribution in [0.3, 0.4) is 0 Å². The molecule has 6 fully saturated rings. The maximum atomic E-state index is 11.7. The standard InChI is InChI=1S/C19H35NO14S2.2C18H33NO17S3/c1-9-10(2)15(34-18(19(23)24)12(9)4-21)7-31-6-13-11(3)17(20-35(25,26)27)14(5-22)33-16(13)8-32-36(28,29)30;2*1-8-11(14(7-37(24,25)26)34-12(4-21)15(8)19-38(27,28)29)5-33-6-13-16(36-39(30,31)32)9(2)10(3-20)17(35-13)18(22)23/h9-18,20-22H,4-8H2,1-3H3,(H,23,24)(H,25,26,27)(H,28,29,30);2*8-17,19-21H,3-7H2,1-2H3,(H,22,23)(H,24,25,26)(H,27,28,29)(H,30,31,32)/p-8/t9-,10?,11+,12-,13-,14+,15-,16?,17?,18?;2*8-,9-,10+,11+,12-,13+,14?,15?,16?,17?/m011/s1. The molecule has 6 saturated heterocycles. The van der Waals surface area contributed by atoms with Crippen molar-refractivity contribution in [1.29, 1.82) is 0 Å². The van der Waals surface area contributed by atoms with Gasteiger partial charge in [0.15, 0.2) is 49.2 Å². The van der Waals surface area contributed by atoms with E-state index in [0.717, 1.165) is 0 Å². The van der Waals surface area contributed by atoms with Gasteiger partial charge in [-0.25, -0.2) is 95.9 Å². The van der Waals surface area contributed by atoms with Crippen molar-refractivity contribution in [3.05, 3.63) is 0 Å². The smallest absolute Gasteiger partial charge is 0.333 e. The average Bonchev–Trinajstić information content (AvgIpc) is 0.764. The van der Waals surface area contributed by atoms with E-state index in [-0.39, 0.29) is 31.7 Å². The Kier molecular flexibility index (Phi) is 39.0. The van der Waals surface area contributed by atoms with Gasteiger partial charge in [0, 0.05) is 55.3 Å². The molecule has 12 unspecified atom stereocenters. The van der Waals surface area contributed by atoms with Crippen molar-refractivity contribution >= 4 is 100 Å². The molecule has 6 heterocycles. The quantitative estimate of drug-likeness (QED) is 0.0202. The maximum Gasteiger partial charge on any atom is 0.333 e. The van der Waals surface area contributed by atoms with Crippen molar-refractivity contribution in [1.82, 2.24) is 14.2 Å². The number of carboxylic acids is 3. The molecule has 51 nitrogen and oxygen atoms in total. The third-order valence-electron chi connectivity index (χ3n) is 20.8. The highest BCUT2D eigenvalue weighted by molar-refractivity contribution is 7.86. The lowest BCUT2D eigenvalue weighted by Gasteiger charge is -2.46. The molecule has 0 aromatic rings. The van der Waals surface area contributed by atoms with Crippen LogP contribution in [-0.4, -0.2) is 369 Å². The molecule has 0 amide bonds. The first kappa shape index (κ1) is 103. The number of aliphatic carboxylic acids is 3. The van der Waals surface area contributed by atoms with Crippen molar-refractivity contribution in [3.63, 3.8) is 0 Å². The van der Waals surface area contributed by atoms with Crippen LogP contribution in [-0.2, 0) is 152 Å². The molecule has 59 heteroatoms. The minimum atomic E-state index is -5.33. The van der Waals surface area contributed by atoms with E-state index in [4.69, 9.17) is 42.6 Å². The van der Waals surface area contributed by atoms with Gasteiger partial charge in [-0.1, -0.05) is 48.5 Å². The number of aliphatic hydroxyl groups excluding tert-OH is 6. The summed E-state index contributed by atoms with van der Waals surface area (Å²) in [5.41, 5.74) is 0. The van der Waals surface area contributed by atoms with Gasteiger partial charge in [-0.2, -0.15) is 0 Å². The first-order valence-corrected chi connectivity index (χ1v) is 45.5. The molecule has 114 heavy (non-hydrogen) atoms. The van der Waals surface area contributed by atoms with Crippen molar-refractivity contribution in [2.24, 2.45) is 76.9 Å². The summed E-state index contributed by atoms with van der Waals surface area (Å²) in [7, 11) is -40.7. The highest BCUT2D eigenvalue weighted by Crippen LogP contribution is 2.41. The number of carbonyl (C=O) groups is 3. The summed E-state index contributed by atoms with van der Waals surface area (Å²) in [6.07, 6.45) is -19.5. The first-order valence-electron chi connectivity index (χ1n) is 34.1. The SMILES string of the molecule is CC1[C@H](COC[C@@H]2C(COS(=O)(=O)[O-])O[C@H](CO)C(NS(=O)(=O)[O-])[C@@H]2C)OC(C(=O)O)[C@@H](CO)[C@H]1C.C[C@H]1C(OS(=O)(=O)[O-])[C@H](COC[C@@H]2C(CS(=O)(=O)[O-])O[C@H](CO)C(NS(=O)(=O)[O-])[C@@H]2C)OC(C(=O)O)[C@H]1CO.C[C@H]1C(OS(=O)(=O)[O-])[C@H](COC[C@@H]2C(CS(=O)(=O)[O-])O[C@H](CO)C(NS(=O)(=O)[O-])[C@@H]2C)OC(C(=O)O)[C@H]1CO. The monoisotopic (exact) mass is 1820 g/mol. The number of hydrogen-bond acceptors (Lipinski definition) is 45. The van der Waals surface area contributed by atoms with Gasteiger partial charge in [-0.05, 0) is 41.4 Å². The Bertz CT molecular complexity index is 3890. The lowest BCUT2D eigenvalue weighted by molar-refractivity contribution is -0.207. The second kappa shape index (κ2) is 43.1. The van der Waals surface area contributed by atoms with E-state index >= 15 is 0 Å². The molecular weight excluding hydrogens is 1730 g/mol. The van der Waals surface area contributed by atoms with E-state index in [2.05, 4.69) is 12.5 Å². The Hall–Kier alpha value is -3.15. The zero-order chi connectivity index (χ0) is 87.3. The molecule has 0 radical (unpaired) electrons. The summed E-state index contributed by atoms with van der Waals surface area (Å²) < 4.78 is 339. The highest BCUT2D eigenvalue weighted by Gasteiger charge is 2.53. The van der Waals surface area contributed by atoms with Gasteiger partial charge in [-0.3, -0.25) is 12.5 Å². The lowest BCUT2D eigenvalue weighted by Crippen LogP contribution is -2.60. The fourth-order valence-corrected chi connectivity index (χ4v) is 19.8. The fourth-order valence-electron chi connectivity index (χ4n) is 14.8. The largest absolute Gasteiger partial charge is 0.748 e. The van der Waals surface area contributed by atoms with Crippen molar-refractivity contribution in [3.8, 4) is 0 Å². The number of rotatable bonds is 38. The predicted octanol–water partition coefficient (Wildman–Crippen LogP) is -10.5. The number of nitrogens with one attached hydrogen (secondary N) is 3. The summed E-state index contributed by atoms with van der Waals surface area (Å²) >= 11 is 0. The van der Waals surface area contributed by atoms with Crippen LogP contribution < -0.4 is 14.2 Å². The number of ether oxygens (including phenoxy) is 9. The van der Waals surface area contributed by atoms with E-state index < -0.39 is 347 Å². The van der Waals surface area contributed by atoms with E-state index in [0.29, 0.717) is 0 Å². The van der Waals surface area contributed by atoms with Crippen LogP contribution in [0.2, 0.25) is 0 Å². The molecule has 12 N–H and O–H groups in total. The van der Waals surface area contributed by atoms with Crippen LogP contribution in [0.4, 0.5) is 0 Å². The first-order chi connectivity index (χ1) is 52.1. The molecule has 672 valence electrons. The zero-order valence-electron chi connectivity index (χ0n) is 61.1. The van der Waals surface area contributed by atoms with Gasteiger partial charge >= 0.3 is 17.9 Å². The van der Waals surface area contributed by atoms with Gasteiger partial charge in [0.05, 0.1) is 159 Å². The molecule has 0 bridgehead atoms. The molecule has 30 atom stereocenters. The van der Waals surface area contributed by atoms with Crippen LogP contribution in [0.15, 0.2) is 0 Å². The third kappa shape index (κ3) is 31.7. The highest BCUT2D eigenvalue weighted by atomic mass is 32.3. The summed E-state index contributed by atoms with van der Waals surface area (Å²) in [5.74, 6) is -17.7. The van der Waals surface area contributed by atoms with Crippen LogP contribution in [0.25, 0.3) is 0 Å². The van der Waals surface area contributed by atoms with Gasteiger partial charge in [0.1, 0.15) is 24.4 Å². The minimum Gasteiger partial charge on any atom is -0.748 e. The third-order valence-corrected chi connectivity index (χ3v) is 25.3. The van der Waals surface area contributed by atoms with Gasteiger partial charge in [0.2, 0.25) is 31.2 Å². The Balaban J connectivity index is 0.000000361. The summed E-state index contributed by atoms with van der Waals surface area (Å²) in [5, 5.41) is 86.0. The Morgan fingerprint density at radius 1 is 0.307 bits per heavy atom. The molecular formula is C55H93N3O48S8-8. The second-order valence-electron chi connectivity index (χ2n) is 28.0. The normalized spacial score (nSPS) is 37.0. The Labute approximate surface area is 656 Å². The van der Waals surface area contributed by atoms with Crippen molar-refractivity contribution in [2.45, 2.75) is 152 Å². The Morgan fingerprint density at radius 2 is 0.579 bits per heavy atom. The van der Waals surface area contributed by atoms with Crippen LogP contribution in [0.1, 0.15) is 48.5 Å². The fraction of sp³-hybridized carbons (Fsp3) is 0.945. The lowest BCUT2D eigenvalue weighted by atomic mass is 9.76. The molecule has 6 aliphatic rings. The van der Waals surface area contributed by atoms with E-state index in [9.17, 15) is 164 Å². The van der Waals surface area contributed by atoms with E-state index in [1.807, 2.05) is 11.6 Å². The van der Waals surface area contributed by atoms with E-state index in [1.165, 1.54) is 34.6 Å². The van der Waals surface area contributed by atoms with Crippen LogP contribution in [0.5, 0.6) is 0 Å². The van der Waals surface area contributed by atoms with Gasteiger partial charge in [-0.15, -0.1) is 0 Å². The number of carboxylic acid groups (broad SMARTS) is 3. The molecule has 0 aromatic carbocycles. The average molecular weight is 1820 g/mol. The number of hydrogen-bond donors (Lipinski definition) is 12. The molecule has 6 rings (SSSR count). The topological polar surface area (TPSA) is 838 Å². The molecule has 0 aliphatic carbocycles. The molecule has 0 spiro atoms. The molecule has 0 saturated carbocycles. The minimum absolute atomic E-state index is 0.106. The maximum absolute atomic E-state index is 11.7. The second-order valence-corrected chi connectivity index (χ2v) is 37.4. The van der Waals surface area contributed by atoms with Crippen molar-refractivity contribution < 1.29 is 219 Å². The number of aliphatic hydroxyl groups is 6. The summed E-state index contributed by atoms with van der Waals surface area (Å²) in [6, 6.07) is -3.94. The predicted molar refractivity (Wildman–Crippen MR) is 359 cm³/mol.